The fourth-order valence-electron chi connectivity index (χ4n) is 3.60. The van der Waals surface area contributed by atoms with E-state index in [1.165, 1.54) is 16.8 Å². The number of hydrogen-bond acceptors (Lipinski definition) is 3. The number of carbonyl (C=O) groups excluding carboxylic acids is 1. The highest BCUT2D eigenvalue weighted by molar-refractivity contribution is 5.77. The summed E-state index contributed by atoms with van der Waals surface area (Å²) < 4.78 is 5.38. The fourth-order valence-corrected chi connectivity index (χ4v) is 3.60. The predicted molar refractivity (Wildman–Crippen MR) is 92.9 cm³/mol. The molecule has 126 valence electrons. The number of anilines is 1. The zero-order valence-electron chi connectivity index (χ0n) is 14.4. The van der Waals surface area contributed by atoms with E-state index >= 15 is 0 Å². The van der Waals surface area contributed by atoms with E-state index in [2.05, 4.69) is 41.8 Å². The fraction of sp³-hybridized carbons (Fsp3) is 0.632. The van der Waals surface area contributed by atoms with Gasteiger partial charge in [-0.3, -0.25) is 4.79 Å². The molecular weight excluding hydrogens is 288 g/mol. The van der Waals surface area contributed by atoms with E-state index in [1.807, 2.05) is 0 Å². The Morgan fingerprint density at radius 2 is 1.83 bits per heavy atom. The van der Waals surface area contributed by atoms with Gasteiger partial charge in [0.2, 0.25) is 5.91 Å². The van der Waals surface area contributed by atoms with Crippen molar-refractivity contribution < 1.29 is 9.53 Å². The van der Waals surface area contributed by atoms with Crippen LogP contribution >= 0.6 is 0 Å². The van der Waals surface area contributed by atoms with Crippen molar-refractivity contribution in [2.75, 3.05) is 44.3 Å². The molecule has 0 spiro atoms. The maximum Gasteiger partial charge on any atom is 0.222 e. The monoisotopic (exact) mass is 316 g/mol. The number of rotatable bonds is 3. The number of benzene rings is 1. The molecule has 2 aliphatic heterocycles. The summed E-state index contributed by atoms with van der Waals surface area (Å²) in [5.74, 6) is 0.853. The summed E-state index contributed by atoms with van der Waals surface area (Å²) in [6.07, 6.45) is 2.77. The Morgan fingerprint density at radius 1 is 1.13 bits per heavy atom. The van der Waals surface area contributed by atoms with Crippen LogP contribution in [0.25, 0.3) is 0 Å². The average molecular weight is 316 g/mol. The van der Waals surface area contributed by atoms with Crippen LogP contribution in [0.4, 0.5) is 5.69 Å². The molecule has 3 rings (SSSR count). The zero-order valence-corrected chi connectivity index (χ0v) is 14.4. The summed E-state index contributed by atoms with van der Waals surface area (Å²) in [6, 6.07) is 6.48. The summed E-state index contributed by atoms with van der Waals surface area (Å²) in [6.45, 7) is 9.54. The van der Waals surface area contributed by atoms with Gasteiger partial charge in [-0.15, -0.1) is 0 Å². The standard InChI is InChI=1S/C19H28N2O2/c1-15-4-3-5-18(16(15)2)20-8-10-21(11-9-20)19(22)14-17-6-12-23-13-7-17/h3-5,17H,6-14H2,1-2H3. The summed E-state index contributed by atoms with van der Waals surface area (Å²) in [5.41, 5.74) is 4.01. The minimum Gasteiger partial charge on any atom is -0.381 e. The lowest BCUT2D eigenvalue weighted by atomic mass is 9.96. The predicted octanol–water partition coefficient (Wildman–Crippen LogP) is 2.77. The number of piperazine rings is 1. The highest BCUT2D eigenvalue weighted by atomic mass is 16.5. The summed E-state index contributed by atoms with van der Waals surface area (Å²) >= 11 is 0. The van der Waals surface area contributed by atoms with Gasteiger partial charge in [-0.05, 0) is 49.8 Å². The molecule has 4 heteroatoms. The minimum atomic E-state index is 0.331. The number of hydrogen-bond donors (Lipinski definition) is 0. The van der Waals surface area contributed by atoms with Crippen LogP contribution in [-0.4, -0.2) is 50.2 Å². The van der Waals surface area contributed by atoms with Crippen molar-refractivity contribution in [1.29, 1.82) is 0 Å². The van der Waals surface area contributed by atoms with E-state index in [0.717, 1.165) is 52.2 Å². The Morgan fingerprint density at radius 3 is 2.52 bits per heavy atom. The lowest BCUT2D eigenvalue weighted by molar-refractivity contribution is -0.133. The highest BCUT2D eigenvalue weighted by Gasteiger charge is 2.25. The van der Waals surface area contributed by atoms with Crippen molar-refractivity contribution in [1.82, 2.24) is 4.90 Å². The van der Waals surface area contributed by atoms with Crippen LogP contribution in [0, 0.1) is 19.8 Å². The van der Waals surface area contributed by atoms with Crippen LogP contribution in [0.15, 0.2) is 18.2 Å². The highest BCUT2D eigenvalue weighted by Crippen LogP contribution is 2.25. The molecule has 0 atom stereocenters. The van der Waals surface area contributed by atoms with Gasteiger partial charge >= 0.3 is 0 Å². The molecule has 1 aromatic rings. The Balaban J connectivity index is 1.53. The molecule has 2 heterocycles. The van der Waals surface area contributed by atoms with Crippen molar-refractivity contribution >= 4 is 11.6 Å². The van der Waals surface area contributed by atoms with Crippen LogP contribution in [-0.2, 0) is 9.53 Å². The minimum absolute atomic E-state index is 0.331. The number of amides is 1. The van der Waals surface area contributed by atoms with Gasteiger partial charge in [-0.2, -0.15) is 0 Å². The molecule has 2 fully saturated rings. The third-order valence-corrected chi connectivity index (χ3v) is 5.35. The molecule has 0 unspecified atom stereocenters. The summed E-state index contributed by atoms with van der Waals surface area (Å²) in [4.78, 5) is 17.0. The molecule has 1 amide bonds. The molecule has 0 saturated carbocycles. The molecular formula is C19H28N2O2. The van der Waals surface area contributed by atoms with Crippen LogP contribution in [0.2, 0.25) is 0 Å². The lowest BCUT2D eigenvalue weighted by Gasteiger charge is -2.37. The molecule has 2 saturated heterocycles. The average Bonchev–Trinajstić information content (AvgIpc) is 2.58. The molecule has 23 heavy (non-hydrogen) atoms. The molecule has 4 nitrogen and oxygen atoms in total. The van der Waals surface area contributed by atoms with E-state index in [9.17, 15) is 4.79 Å². The summed E-state index contributed by atoms with van der Waals surface area (Å²) in [7, 11) is 0. The first kappa shape index (κ1) is 16.3. The third kappa shape index (κ3) is 3.86. The van der Waals surface area contributed by atoms with Crippen LogP contribution in [0.1, 0.15) is 30.4 Å². The first-order valence-electron chi connectivity index (χ1n) is 8.82. The SMILES string of the molecule is Cc1cccc(N2CCN(C(=O)CC3CCOCC3)CC2)c1C. The Kier molecular flexibility index (Phi) is 5.21. The van der Waals surface area contributed by atoms with Crippen LogP contribution in [0.5, 0.6) is 0 Å². The van der Waals surface area contributed by atoms with Gasteiger partial charge < -0.3 is 14.5 Å². The largest absolute Gasteiger partial charge is 0.381 e. The second-order valence-electron chi connectivity index (χ2n) is 6.85. The summed E-state index contributed by atoms with van der Waals surface area (Å²) in [5, 5.41) is 0. The molecule has 0 N–H and O–H groups in total. The number of carbonyl (C=O) groups is 1. The van der Waals surface area contributed by atoms with E-state index in [1.54, 1.807) is 0 Å². The number of nitrogens with zero attached hydrogens (tertiary/aromatic N) is 2. The van der Waals surface area contributed by atoms with E-state index < -0.39 is 0 Å². The smallest absolute Gasteiger partial charge is 0.222 e. The molecule has 0 bridgehead atoms. The van der Waals surface area contributed by atoms with Crippen molar-refractivity contribution in [3.05, 3.63) is 29.3 Å². The zero-order chi connectivity index (χ0) is 16.2. The van der Waals surface area contributed by atoms with Gasteiger partial charge in [-0.1, -0.05) is 12.1 Å². The third-order valence-electron chi connectivity index (χ3n) is 5.35. The molecule has 0 radical (unpaired) electrons. The van der Waals surface area contributed by atoms with Crippen LogP contribution < -0.4 is 4.90 Å². The molecule has 0 aliphatic carbocycles. The Bertz CT molecular complexity index is 544. The van der Waals surface area contributed by atoms with Crippen molar-refractivity contribution in [3.8, 4) is 0 Å². The molecule has 1 aromatic carbocycles. The van der Waals surface area contributed by atoms with Gasteiger partial charge in [0.05, 0.1) is 0 Å². The first-order valence-corrected chi connectivity index (χ1v) is 8.82. The maximum atomic E-state index is 12.5. The van der Waals surface area contributed by atoms with E-state index in [-0.39, 0.29) is 0 Å². The van der Waals surface area contributed by atoms with Gasteiger partial charge in [0, 0.05) is 51.5 Å². The van der Waals surface area contributed by atoms with Crippen LogP contribution in [0.3, 0.4) is 0 Å². The second-order valence-corrected chi connectivity index (χ2v) is 6.85. The maximum absolute atomic E-state index is 12.5. The van der Waals surface area contributed by atoms with Gasteiger partial charge in [0.25, 0.3) is 0 Å². The molecule has 2 aliphatic rings. The van der Waals surface area contributed by atoms with Crippen molar-refractivity contribution in [3.63, 3.8) is 0 Å². The van der Waals surface area contributed by atoms with E-state index in [4.69, 9.17) is 4.74 Å². The Hall–Kier alpha value is -1.55. The Labute approximate surface area is 139 Å². The second kappa shape index (κ2) is 7.35. The number of ether oxygens (including phenoxy) is 1. The number of aryl methyl sites for hydroxylation is 1. The normalized spacial score (nSPS) is 19.9. The van der Waals surface area contributed by atoms with E-state index in [0.29, 0.717) is 18.2 Å². The van der Waals surface area contributed by atoms with Gasteiger partial charge in [0.15, 0.2) is 0 Å². The van der Waals surface area contributed by atoms with Gasteiger partial charge in [0.1, 0.15) is 0 Å². The van der Waals surface area contributed by atoms with Crippen molar-refractivity contribution in [2.24, 2.45) is 5.92 Å². The lowest BCUT2D eigenvalue weighted by Crippen LogP contribution is -2.49. The molecule has 0 aromatic heterocycles. The van der Waals surface area contributed by atoms with Gasteiger partial charge in [-0.25, -0.2) is 0 Å². The topological polar surface area (TPSA) is 32.8 Å². The first-order chi connectivity index (χ1) is 11.1. The quantitative estimate of drug-likeness (QED) is 0.859. The van der Waals surface area contributed by atoms with Crippen molar-refractivity contribution in [2.45, 2.75) is 33.1 Å².